The van der Waals surface area contributed by atoms with Crippen molar-refractivity contribution in [3.05, 3.63) is 35.9 Å². The Morgan fingerprint density at radius 3 is 2.75 bits per heavy atom. The first-order valence-corrected chi connectivity index (χ1v) is 5.14. The second kappa shape index (κ2) is 5.20. The molecule has 64 valence electrons. The van der Waals surface area contributed by atoms with Gasteiger partial charge in [-0.05, 0) is 12.1 Å². The van der Waals surface area contributed by atoms with Crippen LogP contribution in [0.1, 0.15) is 5.56 Å². The van der Waals surface area contributed by atoms with Crippen LogP contribution in [0, 0.1) is 0 Å². The fourth-order valence-electron chi connectivity index (χ4n) is 1.06. The Balaban J connectivity index is 0.000000336. The van der Waals surface area contributed by atoms with Gasteiger partial charge in [0.25, 0.3) is 0 Å². The van der Waals surface area contributed by atoms with E-state index in [9.17, 15) is 0 Å². The molecule has 0 amide bonds. The van der Waals surface area contributed by atoms with E-state index in [2.05, 4.69) is 31.0 Å². The summed E-state index contributed by atoms with van der Waals surface area (Å²) in [6.45, 7) is 0.705. The molecule has 1 nitrogen and oxygen atoms in total. The Hall–Kier alpha value is -0.501. The molecule has 0 bridgehead atoms. The van der Waals surface area contributed by atoms with Crippen LogP contribution in [-0.4, -0.2) is 6.61 Å². The van der Waals surface area contributed by atoms with E-state index in [0.717, 1.165) is 5.75 Å². The van der Waals surface area contributed by atoms with Crippen LogP contribution in [0.15, 0.2) is 30.3 Å². The predicted molar refractivity (Wildman–Crippen MR) is 48.6 cm³/mol. The van der Waals surface area contributed by atoms with E-state index in [-0.39, 0.29) is 0 Å². The average Bonchev–Trinajstić information content (AvgIpc) is 2.21. The zero-order chi connectivity index (χ0) is 8.81. The maximum atomic E-state index is 5.34. The minimum atomic E-state index is 0.705. The predicted octanol–water partition coefficient (Wildman–Crippen LogP) is 2.74. The van der Waals surface area contributed by atoms with Gasteiger partial charge >= 0.3 is 24.9 Å². The molecule has 1 aliphatic rings. The molecule has 0 aliphatic carbocycles. The number of rotatable bonds is 0. The van der Waals surface area contributed by atoms with Crippen molar-refractivity contribution in [1.82, 2.24) is 0 Å². The zero-order valence-electron chi connectivity index (χ0n) is 6.34. The van der Waals surface area contributed by atoms with Crippen molar-refractivity contribution in [2.75, 3.05) is 6.61 Å². The summed E-state index contributed by atoms with van der Waals surface area (Å²) in [5.41, 5.74) is 1.17. The Kier molecular flexibility index (Phi) is 4.15. The van der Waals surface area contributed by atoms with Crippen LogP contribution in [0.4, 0.5) is 0 Å². The third-order valence-electron chi connectivity index (χ3n) is 1.55. The van der Waals surface area contributed by atoms with Crippen molar-refractivity contribution in [3.63, 3.8) is 0 Å². The first kappa shape index (κ1) is 9.59. The number of ether oxygens (including phenoxy) is 1. The Bertz CT molecular complexity index is 286. The van der Waals surface area contributed by atoms with E-state index in [0.29, 0.717) is 6.61 Å². The number of benzene rings is 1. The Morgan fingerprint density at radius 1 is 1.25 bits per heavy atom. The standard InChI is InChI=1S/C9H8O.Fe.S/c1-2-6-9-8(4-1)5-3-7-10-9;;/h1-6H,7H2;;. The molecule has 1 aromatic rings. The molecule has 0 fully saturated rings. The van der Waals surface area contributed by atoms with Crippen molar-refractivity contribution in [2.24, 2.45) is 0 Å². The zero-order valence-corrected chi connectivity index (χ0v) is 8.26. The summed E-state index contributed by atoms with van der Waals surface area (Å²) in [6.07, 6.45) is 4.10. The second-order valence-electron chi connectivity index (χ2n) is 2.25. The summed E-state index contributed by atoms with van der Waals surface area (Å²) in [6, 6.07) is 8.03. The van der Waals surface area contributed by atoms with Gasteiger partial charge in [-0.1, -0.05) is 24.3 Å². The van der Waals surface area contributed by atoms with Crippen LogP contribution < -0.4 is 4.74 Å². The monoisotopic (exact) mass is 220 g/mol. The van der Waals surface area contributed by atoms with E-state index < -0.39 is 0 Å². The van der Waals surface area contributed by atoms with E-state index in [4.69, 9.17) is 4.74 Å². The summed E-state index contributed by atoms with van der Waals surface area (Å²) in [4.78, 5) is 0. The fourth-order valence-corrected chi connectivity index (χ4v) is 1.06. The van der Waals surface area contributed by atoms with Gasteiger partial charge in [0.15, 0.2) is 0 Å². The quantitative estimate of drug-likeness (QED) is 0.621. The topological polar surface area (TPSA) is 9.23 Å². The van der Waals surface area contributed by atoms with Crippen molar-refractivity contribution >= 4 is 16.6 Å². The van der Waals surface area contributed by atoms with Crippen LogP contribution in [-0.2, 0) is 14.4 Å². The molecule has 0 saturated heterocycles. The maximum absolute atomic E-state index is 5.34. The summed E-state index contributed by atoms with van der Waals surface area (Å²) >= 11 is 2.83. The van der Waals surface area contributed by atoms with Crippen LogP contribution >= 0.6 is 10.6 Å². The van der Waals surface area contributed by atoms with Crippen molar-refractivity contribution in [3.8, 4) is 5.75 Å². The van der Waals surface area contributed by atoms with Gasteiger partial charge in [-0.2, -0.15) is 0 Å². The van der Waals surface area contributed by atoms with Gasteiger partial charge in [-0.25, -0.2) is 0 Å². The number of para-hydroxylation sites is 1. The molecule has 0 saturated carbocycles. The molecule has 3 heteroatoms. The van der Waals surface area contributed by atoms with Gasteiger partial charge < -0.3 is 4.74 Å². The van der Waals surface area contributed by atoms with E-state index in [1.165, 1.54) is 5.56 Å². The molecule has 12 heavy (non-hydrogen) atoms. The number of hydrogen-bond acceptors (Lipinski definition) is 2. The molecule has 0 radical (unpaired) electrons. The van der Waals surface area contributed by atoms with Crippen LogP contribution in [0.3, 0.4) is 0 Å². The second-order valence-corrected chi connectivity index (χ2v) is 2.25. The molecule has 0 N–H and O–H groups in total. The molecule has 0 unspecified atom stereocenters. The third kappa shape index (κ3) is 2.24. The number of hydrogen-bond donors (Lipinski definition) is 0. The summed E-state index contributed by atoms with van der Waals surface area (Å²) in [7, 11) is 3.83. The summed E-state index contributed by atoms with van der Waals surface area (Å²) < 4.78 is 5.34. The minimum absolute atomic E-state index is 0.705. The van der Waals surface area contributed by atoms with Gasteiger partial charge in [0.2, 0.25) is 0 Å². The van der Waals surface area contributed by atoms with Gasteiger partial charge in [-0.3, -0.25) is 0 Å². The van der Waals surface area contributed by atoms with Crippen LogP contribution in [0.25, 0.3) is 6.08 Å². The molecule has 1 aromatic carbocycles. The molecule has 0 atom stereocenters. The molecule has 1 aliphatic heterocycles. The summed E-state index contributed by atoms with van der Waals surface area (Å²) in [5.74, 6) is 0.991. The Morgan fingerprint density at radius 2 is 2.00 bits per heavy atom. The average molecular weight is 220 g/mol. The third-order valence-corrected chi connectivity index (χ3v) is 1.55. The molecular formula is C9H8FeOS. The van der Waals surface area contributed by atoms with Crippen molar-refractivity contribution < 1.29 is 19.1 Å². The molecule has 0 aromatic heterocycles. The van der Waals surface area contributed by atoms with Gasteiger partial charge in [-0.15, -0.1) is 0 Å². The normalized spacial score (nSPS) is 12.1. The van der Waals surface area contributed by atoms with Gasteiger partial charge in [0, 0.05) is 5.56 Å². The van der Waals surface area contributed by atoms with Crippen LogP contribution in [0.2, 0.25) is 0 Å². The molecule has 2 rings (SSSR count). The first-order valence-electron chi connectivity index (χ1n) is 3.49. The molecule has 0 spiro atoms. The summed E-state index contributed by atoms with van der Waals surface area (Å²) in [5, 5.41) is 0. The van der Waals surface area contributed by atoms with E-state index >= 15 is 0 Å². The van der Waals surface area contributed by atoms with E-state index in [1.807, 2.05) is 30.3 Å². The van der Waals surface area contributed by atoms with E-state index in [1.54, 1.807) is 0 Å². The van der Waals surface area contributed by atoms with Crippen molar-refractivity contribution in [2.45, 2.75) is 0 Å². The van der Waals surface area contributed by atoms with Crippen LogP contribution in [0.5, 0.6) is 5.75 Å². The van der Waals surface area contributed by atoms with Crippen molar-refractivity contribution in [1.29, 1.82) is 0 Å². The van der Waals surface area contributed by atoms with Gasteiger partial charge in [0.05, 0.1) is 0 Å². The molecule has 1 heterocycles. The first-order chi connectivity index (χ1) is 5.97. The van der Waals surface area contributed by atoms with Gasteiger partial charge in [0.1, 0.15) is 12.4 Å². The number of fused-ring (bicyclic) bond motifs is 1. The SMILES string of the molecule is C1=Cc2ccccc2OC1.[S]=[Fe]. The Labute approximate surface area is 84.1 Å². The fraction of sp³-hybridized carbons (Fsp3) is 0.111. The molecular weight excluding hydrogens is 212 g/mol.